The summed E-state index contributed by atoms with van der Waals surface area (Å²) in [6.07, 6.45) is 4.76. The Labute approximate surface area is 104 Å². The second-order valence-corrected chi connectivity index (χ2v) is 4.54. The molecule has 0 spiro atoms. The van der Waals surface area contributed by atoms with E-state index in [0.717, 1.165) is 32.2 Å². The summed E-state index contributed by atoms with van der Waals surface area (Å²) in [6, 6.07) is 8.53. The number of nitrogens with one attached hydrogen (secondary N) is 1. The summed E-state index contributed by atoms with van der Waals surface area (Å²) in [5, 5.41) is 2.94. The van der Waals surface area contributed by atoms with Gasteiger partial charge in [0.1, 0.15) is 0 Å². The van der Waals surface area contributed by atoms with Crippen molar-refractivity contribution in [3.8, 4) is 0 Å². The van der Waals surface area contributed by atoms with Gasteiger partial charge in [0.05, 0.1) is 0 Å². The molecule has 0 saturated heterocycles. The van der Waals surface area contributed by atoms with Crippen molar-refractivity contribution in [2.24, 2.45) is 0 Å². The van der Waals surface area contributed by atoms with E-state index >= 15 is 0 Å². The first kappa shape index (κ1) is 13.8. The Bertz CT molecular complexity index is 329. The van der Waals surface area contributed by atoms with Crippen molar-refractivity contribution in [2.75, 3.05) is 6.54 Å². The van der Waals surface area contributed by atoms with Gasteiger partial charge >= 0.3 is 0 Å². The molecular weight excluding hydrogens is 210 g/mol. The average molecular weight is 233 g/mol. The van der Waals surface area contributed by atoms with Crippen LogP contribution in [-0.2, 0) is 11.2 Å². The minimum atomic E-state index is 0.186. The number of carbonyl (C=O) groups is 1. The van der Waals surface area contributed by atoms with Crippen LogP contribution in [0.25, 0.3) is 0 Å². The van der Waals surface area contributed by atoms with Gasteiger partial charge in [-0.15, -0.1) is 0 Å². The highest BCUT2D eigenvalue weighted by molar-refractivity contribution is 5.75. The molecule has 1 aromatic carbocycles. The molecule has 0 aromatic heterocycles. The maximum absolute atomic E-state index is 11.5. The van der Waals surface area contributed by atoms with Gasteiger partial charge in [0.2, 0.25) is 5.91 Å². The lowest BCUT2D eigenvalue weighted by Gasteiger charge is -2.04. The summed E-state index contributed by atoms with van der Waals surface area (Å²) in [5.41, 5.74) is 2.60. The van der Waals surface area contributed by atoms with Crippen molar-refractivity contribution in [1.82, 2.24) is 5.32 Å². The lowest BCUT2D eigenvalue weighted by atomic mass is 10.1. The minimum absolute atomic E-state index is 0.186. The monoisotopic (exact) mass is 233 g/mol. The molecule has 94 valence electrons. The smallest absolute Gasteiger partial charge is 0.220 e. The second-order valence-electron chi connectivity index (χ2n) is 4.54. The fourth-order valence-electron chi connectivity index (χ4n) is 1.70. The van der Waals surface area contributed by atoms with Gasteiger partial charge in [-0.05, 0) is 31.7 Å². The van der Waals surface area contributed by atoms with Crippen LogP contribution in [0.3, 0.4) is 0 Å². The van der Waals surface area contributed by atoms with E-state index in [2.05, 4.69) is 43.4 Å². The first-order valence-electron chi connectivity index (χ1n) is 6.54. The molecule has 0 aliphatic heterocycles. The predicted molar refractivity (Wildman–Crippen MR) is 72.0 cm³/mol. The van der Waals surface area contributed by atoms with E-state index in [1.165, 1.54) is 11.1 Å². The third-order valence-electron chi connectivity index (χ3n) is 2.84. The Kier molecular flexibility index (Phi) is 6.38. The van der Waals surface area contributed by atoms with E-state index in [9.17, 15) is 4.79 Å². The van der Waals surface area contributed by atoms with E-state index < -0.39 is 0 Å². The van der Waals surface area contributed by atoms with Crippen molar-refractivity contribution in [2.45, 2.75) is 46.0 Å². The third kappa shape index (κ3) is 6.10. The maximum atomic E-state index is 11.5. The summed E-state index contributed by atoms with van der Waals surface area (Å²) in [4.78, 5) is 11.5. The molecule has 1 N–H and O–H groups in total. The highest BCUT2D eigenvalue weighted by Gasteiger charge is 2.00. The number of aryl methyl sites for hydroxylation is 2. The van der Waals surface area contributed by atoms with Crippen molar-refractivity contribution < 1.29 is 4.79 Å². The number of hydrogen-bond acceptors (Lipinski definition) is 1. The molecule has 1 aromatic rings. The van der Waals surface area contributed by atoms with Crippen molar-refractivity contribution in [1.29, 1.82) is 0 Å². The van der Waals surface area contributed by atoms with Crippen LogP contribution in [-0.4, -0.2) is 12.5 Å². The molecule has 17 heavy (non-hydrogen) atoms. The Morgan fingerprint density at radius 3 is 2.53 bits per heavy atom. The Morgan fingerprint density at radius 1 is 1.18 bits per heavy atom. The van der Waals surface area contributed by atoms with Crippen LogP contribution in [0.2, 0.25) is 0 Å². The molecule has 0 aliphatic rings. The van der Waals surface area contributed by atoms with Crippen LogP contribution >= 0.6 is 0 Å². The van der Waals surface area contributed by atoms with Crippen LogP contribution < -0.4 is 5.32 Å². The van der Waals surface area contributed by atoms with Gasteiger partial charge in [0.25, 0.3) is 0 Å². The fourth-order valence-corrected chi connectivity index (χ4v) is 1.70. The summed E-state index contributed by atoms with van der Waals surface area (Å²) >= 11 is 0. The van der Waals surface area contributed by atoms with Crippen LogP contribution in [0.1, 0.15) is 43.7 Å². The Morgan fingerprint density at radius 2 is 1.88 bits per heavy atom. The molecule has 2 heteroatoms. The second kappa shape index (κ2) is 7.88. The molecule has 0 aliphatic carbocycles. The number of benzene rings is 1. The summed E-state index contributed by atoms with van der Waals surface area (Å²) in [7, 11) is 0. The lowest BCUT2D eigenvalue weighted by molar-refractivity contribution is -0.121. The summed E-state index contributed by atoms with van der Waals surface area (Å²) in [5.74, 6) is 0.186. The molecule has 1 amide bonds. The molecule has 2 nitrogen and oxygen atoms in total. The molecular formula is C15H23NO. The number of unbranched alkanes of at least 4 members (excludes halogenated alkanes) is 1. The summed E-state index contributed by atoms with van der Waals surface area (Å²) < 4.78 is 0. The van der Waals surface area contributed by atoms with Gasteiger partial charge < -0.3 is 5.32 Å². The van der Waals surface area contributed by atoms with E-state index in [1.54, 1.807) is 0 Å². The predicted octanol–water partition coefficient (Wildman–Crippen LogP) is 3.23. The molecule has 0 fully saturated rings. The Hall–Kier alpha value is -1.31. The number of hydrogen-bond donors (Lipinski definition) is 1. The van der Waals surface area contributed by atoms with E-state index in [4.69, 9.17) is 0 Å². The molecule has 0 unspecified atom stereocenters. The zero-order chi connectivity index (χ0) is 12.5. The zero-order valence-corrected chi connectivity index (χ0v) is 11.0. The molecule has 1 rings (SSSR count). The SMILES string of the molecule is CCCCNC(=O)CCCc1ccc(C)cc1. The maximum Gasteiger partial charge on any atom is 0.220 e. The Balaban J connectivity index is 2.14. The van der Waals surface area contributed by atoms with E-state index in [-0.39, 0.29) is 5.91 Å². The van der Waals surface area contributed by atoms with Crippen molar-refractivity contribution in [3.05, 3.63) is 35.4 Å². The third-order valence-corrected chi connectivity index (χ3v) is 2.84. The van der Waals surface area contributed by atoms with Gasteiger partial charge in [-0.1, -0.05) is 43.2 Å². The number of amides is 1. The highest BCUT2D eigenvalue weighted by Crippen LogP contribution is 2.07. The zero-order valence-electron chi connectivity index (χ0n) is 11.0. The van der Waals surface area contributed by atoms with Gasteiger partial charge in [0.15, 0.2) is 0 Å². The molecule has 0 radical (unpaired) electrons. The molecule has 0 heterocycles. The minimum Gasteiger partial charge on any atom is -0.356 e. The van der Waals surface area contributed by atoms with Gasteiger partial charge in [-0.25, -0.2) is 0 Å². The lowest BCUT2D eigenvalue weighted by Crippen LogP contribution is -2.23. The van der Waals surface area contributed by atoms with Crippen LogP contribution in [0.4, 0.5) is 0 Å². The average Bonchev–Trinajstić information content (AvgIpc) is 2.32. The van der Waals surface area contributed by atoms with E-state index in [0.29, 0.717) is 6.42 Å². The molecule has 0 saturated carbocycles. The quantitative estimate of drug-likeness (QED) is 0.720. The topological polar surface area (TPSA) is 29.1 Å². The summed E-state index contributed by atoms with van der Waals surface area (Å²) in [6.45, 7) is 5.04. The van der Waals surface area contributed by atoms with Gasteiger partial charge in [0, 0.05) is 13.0 Å². The van der Waals surface area contributed by atoms with Gasteiger partial charge in [-0.2, -0.15) is 0 Å². The van der Waals surface area contributed by atoms with Crippen molar-refractivity contribution >= 4 is 5.91 Å². The number of rotatable bonds is 7. The molecule has 0 bridgehead atoms. The van der Waals surface area contributed by atoms with E-state index in [1.807, 2.05) is 0 Å². The normalized spacial score (nSPS) is 10.2. The fraction of sp³-hybridized carbons (Fsp3) is 0.533. The van der Waals surface area contributed by atoms with Gasteiger partial charge in [-0.3, -0.25) is 4.79 Å². The number of carbonyl (C=O) groups excluding carboxylic acids is 1. The standard InChI is InChI=1S/C15H23NO/c1-3-4-12-16-15(17)7-5-6-14-10-8-13(2)9-11-14/h8-11H,3-7,12H2,1-2H3,(H,16,17). The first-order valence-corrected chi connectivity index (χ1v) is 6.54. The van der Waals surface area contributed by atoms with Crippen LogP contribution in [0.15, 0.2) is 24.3 Å². The van der Waals surface area contributed by atoms with Crippen molar-refractivity contribution in [3.63, 3.8) is 0 Å². The first-order chi connectivity index (χ1) is 8.22. The van der Waals surface area contributed by atoms with Crippen LogP contribution in [0, 0.1) is 6.92 Å². The highest BCUT2D eigenvalue weighted by atomic mass is 16.1. The largest absolute Gasteiger partial charge is 0.356 e. The molecule has 0 atom stereocenters. The van der Waals surface area contributed by atoms with Crippen LogP contribution in [0.5, 0.6) is 0 Å².